The largest absolute Gasteiger partial charge is 0.394 e. The molecule has 1 rings (SSSR count). The van der Waals surface area contributed by atoms with Crippen molar-refractivity contribution in [2.45, 2.75) is 51.4 Å². The summed E-state index contributed by atoms with van der Waals surface area (Å²) < 4.78 is 0. The molecule has 6 unspecified atom stereocenters. The van der Waals surface area contributed by atoms with E-state index in [0.29, 0.717) is 19.3 Å². The number of Topliss-reactive ketones (excluding diaryl/α,β-unsaturated/α-hetero) is 1. The summed E-state index contributed by atoms with van der Waals surface area (Å²) in [5.74, 6) is -0.791. The van der Waals surface area contributed by atoms with E-state index >= 15 is 0 Å². The van der Waals surface area contributed by atoms with Crippen molar-refractivity contribution in [2.75, 3.05) is 6.61 Å². The van der Waals surface area contributed by atoms with Crippen molar-refractivity contribution in [3.8, 4) is 0 Å². The summed E-state index contributed by atoms with van der Waals surface area (Å²) in [5.41, 5.74) is 0. The highest BCUT2D eigenvalue weighted by atomic mass is 16.3. The molecule has 0 aromatic heterocycles. The second-order valence-electron chi connectivity index (χ2n) is 5.30. The van der Waals surface area contributed by atoms with Gasteiger partial charge in [0, 0.05) is 12.3 Å². The molecule has 1 saturated carbocycles. The third kappa shape index (κ3) is 3.29. The summed E-state index contributed by atoms with van der Waals surface area (Å²) in [4.78, 5) is 11.8. The predicted molar refractivity (Wildman–Crippen MR) is 65.8 cm³/mol. The van der Waals surface area contributed by atoms with Crippen molar-refractivity contribution in [1.82, 2.24) is 0 Å². The van der Waals surface area contributed by atoms with E-state index in [1.54, 1.807) is 6.92 Å². The Labute approximate surface area is 107 Å². The first-order chi connectivity index (χ1) is 8.42. The average molecular weight is 260 g/mol. The molecule has 4 N–H and O–H groups in total. The third-order valence-electron chi connectivity index (χ3n) is 4.07. The van der Waals surface area contributed by atoms with Gasteiger partial charge in [-0.25, -0.2) is 0 Å². The van der Waals surface area contributed by atoms with Gasteiger partial charge in [0.05, 0.1) is 24.9 Å². The second-order valence-corrected chi connectivity index (χ2v) is 5.30. The predicted octanol–water partition coefficient (Wildman–Crippen LogP) is -0.297. The van der Waals surface area contributed by atoms with E-state index in [0.717, 1.165) is 0 Å². The molecule has 5 heteroatoms. The van der Waals surface area contributed by atoms with Crippen molar-refractivity contribution < 1.29 is 25.2 Å². The van der Waals surface area contributed by atoms with E-state index in [1.807, 2.05) is 0 Å². The highest BCUT2D eigenvalue weighted by molar-refractivity contribution is 5.81. The molecule has 18 heavy (non-hydrogen) atoms. The number of carbonyl (C=O) groups excluding carboxylic acids is 1. The molecule has 0 aliphatic heterocycles. The van der Waals surface area contributed by atoms with Crippen LogP contribution in [0.2, 0.25) is 0 Å². The lowest BCUT2D eigenvalue weighted by molar-refractivity contribution is -0.125. The molecule has 0 saturated heterocycles. The van der Waals surface area contributed by atoms with Crippen molar-refractivity contribution in [3.05, 3.63) is 0 Å². The Morgan fingerprint density at radius 2 is 1.89 bits per heavy atom. The lowest BCUT2D eigenvalue weighted by atomic mass is 9.87. The number of hydrogen-bond donors (Lipinski definition) is 4. The van der Waals surface area contributed by atoms with Gasteiger partial charge in [0.25, 0.3) is 0 Å². The molecule has 0 aromatic rings. The van der Waals surface area contributed by atoms with Crippen LogP contribution in [0.25, 0.3) is 0 Å². The molecular formula is C13H24O5. The average Bonchev–Trinajstić information content (AvgIpc) is 2.80. The fraction of sp³-hybridized carbons (Fsp3) is 0.923. The Hall–Kier alpha value is -0.490. The van der Waals surface area contributed by atoms with Gasteiger partial charge in [0.1, 0.15) is 5.78 Å². The number of aliphatic hydroxyl groups excluding tert-OH is 4. The number of ketones is 1. The van der Waals surface area contributed by atoms with Crippen LogP contribution in [-0.4, -0.2) is 51.1 Å². The van der Waals surface area contributed by atoms with Crippen LogP contribution in [0.1, 0.15) is 33.1 Å². The summed E-state index contributed by atoms with van der Waals surface area (Å²) in [6.45, 7) is 2.90. The van der Waals surface area contributed by atoms with Gasteiger partial charge in [-0.3, -0.25) is 4.79 Å². The minimum absolute atomic E-state index is 0.0489. The van der Waals surface area contributed by atoms with Crippen molar-refractivity contribution in [2.24, 2.45) is 17.8 Å². The number of aliphatic hydroxyl groups is 4. The Bertz CT molecular complexity index is 279. The monoisotopic (exact) mass is 260 g/mol. The number of carbonyl (C=O) groups is 1. The number of rotatable bonds is 6. The molecule has 1 aliphatic rings. The van der Waals surface area contributed by atoms with E-state index in [-0.39, 0.29) is 30.1 Å². The minimum Gasteiger partial charge on any atom is -0.394 e. The van der Waals surface area contributed by atoms with Crippen LogP contribution in [0.3, 0.4) is 0 Å². The van der Waals surface area contributed by atoms with Gasteiger partial charge >= 0.3 is 0 Å². The van der Waals surface area contributed by atoms with Crippen LogP contribution in [-0.2, 0) is 4.79 Å². The number of hydrogen-bond acceptors (Lipinski definition) is 5. The molecule has 5 nitrogen and oxygen atoms in total. The van der Waals surface area contributed by atoms with Gasteiger partial charge in [-0.1, -0.05) is 6.92 Å². The Kier molecular flexibility index (Phi) is 5.72. The smallest absolute Gasteiger partial charge is 0.136 e. The highest BCUT2D eigenvalue weighted by Gasteiger charge is 2.44. The van der Waals surface area contributed by atoms with Crippen LogP contribution >= 0.6 is 0 Å². The lowest BCUT2D eigenvalue weighted by Crippen LogP contribution is -2.31. The molecule has 0 aromatic carbocycles. The minimum atomic E-state index is -0.934. The molecule has 0 radical (unpaired) electrons. The lowest BCUT2D eigenvalue weighted by Gasteiger charge is -2.22. The molecular weight excluding hydrogens is 236 g/mol. The van der Waals surface area contributed by atoms with E-state index in [1.165, 1.54) is 6.92 Å². The van der Waals surface area contributed by atoms with Gasteiger partial charge in [-0.2, -0.15) is 0 Å². The first-order valence-corrected chi connectivity index (χ1v) is 6.60. The summed E-state index contributed by atoms with van der Waals surface area (Å²) in [7, 11) is 0. The van der Waals surface area contributed by atoms with E-state index < -0.39 is 18.3 Å². The topological polar surface area (TPSA) is 98.0 Å². The maximum atomic E-state index is 11.8. The maximum absolute atomic E-state index is 11.8. The molecule has 106 valence electrons. The molecule has 0 heterocycles. The van der Waals surface area contributed by atoms with Crippen LogP contribution < -0.4 is 0 Å². The molecule has 6 atom stereocenters. The van der Waals surface area contributed by atoms with Crippen molar-refractivity contribution in [1.29, 1.82) is 0 Å². The fourth-order valence-electron chi connectivity index (χ4n) is 2.98. The van der Waals surface area contributed by atoms with Gasteiger partial charge < -0.3 is 20.4 Å². The zero-order chi connectivity index (χ0) is 13.9. The van der Waals surface area contributed by atoms with Crippen molar-refractivity contribution >= 4 is 5.78 Å². The Morgan fingerprint density at radius 3 is 2.33 bits per heavy atom. The second kappa shape index (κ2) is 6.61. The van der Waals surface area contributed by atoms with E-state index in [2.05, 4.69) is 0 Å². The third-order valence-corrected chi connectivity index (χ3v) is 4.07. The molecule has 0 amide bonds. The fourth-order valence-corrected chi connectivity index (χ4v) is 2.98. The SMILES string of the molecule is CCC(=O)C1CC(C(O)C(C)O)CC1C(O)CO. The van der Waals surface area contributed by atoms with Gasteiger partial charge in [0.2, 0.25) is 0 Å². The standard InChI is InChI=1S/C13H24O5/c1-3-11(16)9-4-8(13(18)7(2)15)5-10(9)12(17)6-14/h7-10,12-15,17-18H,3-6H2,1-2H3. The van der Waals surface area contributed by atoms with Crippen LogP contribution in [0, 0.1) is 17.8 Å². The Morgan fingerprint density at radius 1 is 1.28 bits per heavy atom. The Balaban J connectivity index is 2.79. The zero-order valence-corrected chi connectivity index (χ0v) is 11.0. The highest BCUT2D eigenvalue weighted by Crippen LogP contribution is 2.41. The van der Waals surface area contributed by atoms with E-state index in [9.17, 15) is 20.1 Å². The summed E-state index contributed by atoms with van der Waals surface area (Å²) in [6.07, 6.45) is -1.34. The van der Waals surface area contributed by atoms with E-state index in [4.69, 9.17) is 5.11 Å². The van der Waals surface area contributed by atoms with Crippen LogP contribution in [0.15, 0.2) is 0 Å². The summed E-state index contributed by atoms with van der Waals surface area (Å²) >= 11 is 0. The molecule has 1 aliphatic carbocycles. The maximum Gasteiger partial charge on any atom is 0.136 e. The quantitative estimate of drug-likeness (QED) is 0.526. The van der Waals surface area contributed by atoms with Gasteiger partial charge in [-0.05, 0) is 31.6 Å². The zero-order valence-electron chi connectivity index (χ0n) is 11.0. The molecule has 0 bridgehead atoms. The summed E-state index contributed by atoms with van der Waals surface area (Å²) in [6, 6.07) is 0. The van der Waals surface area contributed by atoms with Crippen molar-refractivity contribution in [3.63, 3.8) is 0 Å². The molecule has 0 spiro atoms. The van der Waals surface area contributed by atoms with Crippen LogP contribution in [0.4, 0.5) is 0 Å². The van der Waals surface area contributed by atoms with Gasteiger partial charge in [-0.15, -0.1) is 0 Å². The summed E-state index contributed by atoms with van der Waals surface area (Å²) in [5, 5.41) is 38.1. The van der Waals surface area contributed by atoms with Gasteiger partial charge in [0.15, 0.2) is 0 Å². The van der Waals surface area contributed by atoms with Crippen LogP contribution in [0.5, 0.6) is 0 Å². The first-order valence-electron chi connectivity index (χ1n) is 6.60. The normalized spacial score (nSPS) is 33.1. The molecule has 1 fully saturated rings. The first kappa shape index (κ1) is 15.6.